The number of nitrogens with zero attached hydrogens (tertiary/aromatic N) is 2. The van der Waals surface area contributed by atoms with Crippen molar-refractivity contribution in [2.45, 2.75) is 44.9 Å². The highest BCUT2D eigenvalue weighted by molar-refractivity contribution is 6.03. The Bertz CT molecular complexity index is 630. The van der Waals surface area contributed by atoms with Crippen molar-refractivity contribution in [2.75, 3.05) is 5.32 Å². The van der Waals surface area contributed by atoms with E-state index in [1.165, 1.54) is 18.4 Å². The highest BCUT2D eigenvalue weighted by atomic mass is 16.1. The number of anilines is 1. The van der Waals surface area contributed by atoms with Gasteiger partial charge in [-0.1, -0.05) is 25.5 Å². The predicted octanol–water partition coefficient (Wildman–Crippen LogP) is 3.95. The van der Waals surface area contributed by atoms with Gasteiger partial charge in [0.1, 0.15) is 5.82 Å². The Morgan fingerprint density at radius 3 is 2.45 bits per heavy atom. The van der Waals surface area contributed by atoms with E-state index in [-0.39, 0.29) is 5.91 Å². The number of carbonyl (C=O) groups is 1. The van der Waals surface area contributed by atoms with Crippen LogP contribution in [0.5, 0.6) is 0 Å². The summed E-state index contributed by atoms with van der Waals surface area (Å²) >= 11 is 0. The second-order valence-electron chi connectivity index (χ2n) is 5.86. The lowest BCUT2D eigenvalue weighted by Crippen LogP contribution is -2.13. The van der Waals surface area contributed by atoms with Crippen LogP contribution in [0.15, 0.2) is 36.7 Å². The fraction of sp³-hybridized carbons (Fsp3) is 0.389. The van der Waals surface area contributed by atoms with Crippen LogP contribution in [0.25, 0.3) is 0 Å². The molecule has 1 heterocycles. The number of aryl methyl sites for hydroxylation is 1. The van der Waals surface area contributed by atoms with Crippen LogP contribution in [0.1, 0.15) is 60.3 Å². The summed E-state index contributed by atoms with van der Waals surface area (Å²) < 4.78 is 0. The van der Waals surface area contributed by atoms with Gasteiger partial charge in [0.15, 0.2) is 0 Å². The van der Waals surface area contributed by atoms with Gasteiger partial charge in [-0.15, -0.1) is 0 Å². The maximum absolute atomic E-state index is 12.2. The molecule has 114 valence electrons. The van der Waals surface area contributed by atoms with Crippen molar-refractivity contribution in [1.29, 1.82) is 0 Å². The molecular formula is C18H21N3O. The predicted molar refractivity (Wildman–Crippen MR) is 87.0 cm³/mol. The molecule has 0 unspecified atom stereocenters. The molecule has 0 bridgehead atoms. The van der Waals surface area contributed by atoms with Crippen LogP contribution in [0, 0.1) is 0 Å². The molecule has 0 aliphatic heterocycles. The molecule has 0 atom stereocenters. The molecule has 2 aromatic rings. The smallest absolute Gasteiger partial charge is 0.258 e. The molecule has 0 spiro atoms. The van der Waals surface area contributed by atoms with Crippen LogP contribution in [0.4, 0.5) is 5.69 Å². The Balaban J connectivity index is 1.60. The topological polar surface area (TPSA) is 54.9 Å². The second kappa shape index (κ2) is 6.69. The molecule has 1 N–H and O–H groups in total. The zero-order chi connectivity index (χ0) is 15.4. The quantitative estimate of drug-likeness (QED) is 0.878. The van der Waals surface area contributed by atoms with Crippen LogP contribution in [0.3, 0.4) is 0 Å². The van der Waals surface area contributed by atoms with Gasteiger partial charge in [-0.2, -0.15) is 0 Å². The van der Waals surface area contributed by atoms with E-state index in [1.54, 1.807) is 12.4 Å². The molecule has 1 aromatic carbocycles. The van der Waals surface area contributed by atoms with Crippen molar-refractivity contribution in [3.05, 3.63) is 53.6 Å². The third-order valence-corrected chi connectivity index (χ3v) is 3.91. The summed E-state index contributed by atoms with van der Waals surface area (Å²) in [5.74, 6) is 1.20. The van der Waals surface area contributed by atoms with Crippen LogP contribution < -0.4 is 5.32 Å². The van der Waals surface area contributed by atoms with Crippen molar-refractivity contribution in [3.63, 3.8) is 0 Å². The third-order valence-electron chi connectivity index (χ3n) is 3.91. The number of unbranched alkanes of at least 4 members (excludes halogenated alkanes) is 1. The van der Waals surface area contributed by atoms with Crippen molar-refractivity contribution in [3.8, 4) is 0 Å². The van der Waals surface area contributed by atoms with Gasteiger partial charge in [0.2, 0.25) is 0 Å². The lowest BCUT2D eigenvalue weighted by atomic mass is 10.1. The molecule has 4 heteroatoms. The number of rotatable bonds is 6. The van der Waals surface area contributed by atoms with Crippen molar-refractivity contribution < 1.29 is 4.79 Å². The number of aromatic nitrogens is 2. The molecule has 0 radical (unpaired) electrons. The van der Waals surface area contributed by atoms with Crippen molar-refractivity contribution >= 4 is 11.6 Å². The van der Waals surface area contributed by atoms with Gasteiger partial charge < -0.3 is 5.32 Å². The number of amides is 1. The number of carbonyl (C=O) groups excluding carboxylic acids is 1. The normalized spacial score (nSPS) is 13.9. The first-order valence-electron chi connectivity index (χ1n) is 7.98. The fourth-order valence-electron chi connectivity index (χ4n) is 2.35. The van der Waals surface area contributed by atoms with Gasteiger partial charge in [0, 0.05) is 24.0 Å². The molecule has 0 saturated heterocycles. The average molecular weight is 295 g/mol. The van der Waals surface area contributed by atoms with Crippen molar-refractivity contribution in [1.82, 2.24) is 9.97 Å². The maximum Gasteiger partial charge on any atom is 0.258 e. The van der Waals surface area contributed by atoms with Crippen LogP contribution in [0.2, 0.25) is 0 Å². The van der Waals surface area contributed by atoms with Crippen LogP contribution >= 0.6 is 0 Å². The minimum atomic E-state index is -0.163. The lowest BCUT2D eigenvalue weighted by Gasteiger charge is -2.06. The maximum atomic E-state index is 12.2. The molecule has 1 fully saturated rings. The van der Waals surface area contributed by atoms with E-state index in [4.69, 9.17) is 0 Å². The number of hydrogen-bond donors (Lipinski definition) is 1. The molecule has 22 heavy (non-hydrogen) atoms. The SMILES string of the molecule is CCCCc1ccc(NC(=O)c2cnc(C3CC3)nc2)cc1. The molecule has 3 rings (SSSR count). The highest BCUT2D eigenvalue weighted by Gasteiger charge is 2.26. The molecular weight excluding hydrogens is 274 g/mol. The first-order chi connectivity index (χ1) is 10.8. The largest absolute Gasteiger partial charge is 0.322 e. The molecule has 4 nitrogen and oxygen atoms in total. The number of nitrogens with one attached hydrogen (secondary N) is 1. The van der Waals surface area contributed by atoms with E-state index in [0.717, 1.165) is 30.8 Å². The van der Waals surface area contributed by atoms with E-state index in [0.29, 0.717) is 11.5 Å². The van der Waals surface area contributed by atoms with Gasteiger partial charge in [0.25, 0.3) is 5.91 Å². The summed E-state index contributed by atoms with van der Waals surface area (Å²) in [6.45, 7) is 2.19. The Morgan fingerprint density at radius 1 is 1.18 bits per heavy atom. The Hall–Kier alpha value is -2.23. The van der Waals surface area contributed by atoms with E-state index < -0.39 is 0 Å². The van der Waals surface area contributed by atoms with E-state index in [2.05, 4.69) is 34.3 Å². The minimum absolute atomic E-state index is 0.163. The summed E-state index contributed by atoms with van der Waals surface area (Å²) in [7, 11) is 0. The van der Waals surface area contributed by atoms with Gasteiger partial charge >= 0.3 is 0 Å². The second-order valence-corrected chi connectivity index (χ2v) is 5.86. The Morgan fingerprint density at radius 2 is 1.86 bits per heavy atom. The number of hydrogen-bond acceptors (Lipinski definition) is 3. The fourth-order valence-corrected chi connectivity index (χ4v) is 2.35. The summed E-state index contributed by atoms with van der Waals surface area (Å²) in [5.41, 5.74) is 2.60. The zero-order valence-electron chi connectivity index (χ0n) is 12.9. The zero-order valence-corrected chi connectivity index (χ0v) is 12.9. The van der Waals surface area contributed by atoms with Crippen LogP contribution in [-0.4, -0.2) is 15.9 Å². The van der Waals surface area contributed by atoms with Gasteiger partial charge in [-0.3, -0.25) is 4.79 Å². The standard InChI is InChI=1S/C18H21N3O/c1-2-3-4-13-5-9-16(10-6-13)21-18(22)15-11-19-17(20-12-15)14-7-8-14/h5-6,9-12,14H,2-4,7-8H2,1H3,(H,21,22). The summed E-state index contributed by atoms with van der Waals surface area (Å²) in [4.78, 5) is 20.7. The first-order valence-corrected chi connectivity index (χ1v) is 7.98. The van der Waals surface area contributed by atoms with Gasteiger partial charge in [-0.05, 0) is 43.4 Å². The highest BCUT2D eigenvalue weighted by Crippen LogP contribution is 2.37. The summed E-state index contributed by atoms with van der Waals surface area (Å²) in [6.07, 6.45) is 9.02. The molecule has 1 aliphatic carbocycles. The lowest BCUT2D eigenvalue weighted by molar-refractivity contribution is 0.102. The van der Waals surface area contributed by atoms with Gasteiger partial charge in [0.05, 0.1) is 5.56 Å². The monoisotopic (exact) mass is 295 g/mol. The molecule has 1 aliphatic rings. The number of benzene rings is 1. The molecule has 1 aromatic heterocycles. The minimum Gasteiger partial charge on any atom is -0.322 e. The summed E-state index contributed by atoms with van der Waals surface area (Å²) in [6, 6.07) is 8.03. The van der Waals surface area contributed by atoms with E-state index in [9.17, 15) is 4.79 Å². The first kappa shape index (κ1) is 14.7. The van der Waals surface area contributed by atoms with Gasteiger partial charge in [-0.25, -0.2) is 9.97 Å². The van der Waals surface area contributed by atoms with E-state index >= 15 is 0 Å². The molecule has 1 saturated carbocycles. The average Bonchev–Trinajstić information content (AvgIpc) is 3.39. The molecule has 1 amide bonds. The summed E-state index contributed by atoms with van der Waals surface area (Å²) in [5, 5.41) is 2.89. The van der Waals surface area contributed by atoms with Crippen LogP contribution in [-0.2, 0) is 6.42 Å². The van der Waals surface area contributed by atoms with E-state index in [1.807, 2.05) is 12.1 Å². The Kier molecular flexibility index (Phi) is 4.47. The van der Waals surface area contributed by atoms with Crippen molar-refractivity contribution in [2.24, 2.45) is 0 Å². The Labute approximate surface area is 131 Å². The third kappa shape index (κ3) is 3.70.